The van der Waals surface area contributed by atoms with E-state index in [0.29, 0.717) is 13.2 Å². The number of benzene rings is 1. The Morgan fingerprint density at radius 2 is 2.27 bits per heavy atom. The first-order valence-corrected chi connectivity index (χ1v) is 3.89. The second-order valence-electron chi connectivity index (χ2n) is 2.13. The maximum absolute atomic E-state index is 5.27. The van der Waals surface area contributed by atoms with Crippen molar-refractivity contribution in [3.8, 4) is 5.75 Å². The summed E-state index contributed by atoms with van der Waals surface area (Å²) in [7, 11) is 0. The predicted octanol–water partition coefficient (Wildman–Crippen LogP) is 1.31. The van der Waals surface area contributed by atoms with E-state index in [4.69, 9.17) is 10.5 Å². The van der Waals surface area contributed by atoms with Crippen LogP contribution in [0.25, 0.3) is 0 Å². The highest BCUT2D eigenvalue weighted by Gasteiger charge is 1.91. The number of rotatable bonds is 3. The van der Waals surface area contributed by atoms with Crippen LogP contribution in [0.1, 0.15) is 0 Å². The molecule has 60 valence electrons. The molecule has 0 aliphatic rings. The van der Waals surface area contributed by atoms with Crippen LogP contribution in [0.4, 0.5) is 0 Å². The molecule has 3 heteroatoms. The Hall–Kier alpha value is -0.670. The Labute approximate surface area is 71.8 Å². The third-order valence-corrected chi connectivity index (χ3v) is 1.48. The van der Waals surface area contributed by atoms with Crippen LogP contribution in [-0.2, 0) is 0 Å². The molecule has 1 rings (SSSR count). The standard InChI is InChI=1S/C8H11NOS/c9-4-5-10-7-2-1-3-8(11)6-7/h1-3,6,11H,4-5,9H2. The van der Waals surface area contributed by atoms with E-state index in [1.807, 2.05) is 24.3 Å². The van der Waals surface area contributed by atoms with Gasteiger partial charge >= 0.3 is 0 Å². The fourth-order valence-corrected chi connectivity index (χ4v) is 0.963. The molecule has 0 aromatic heterocycles. The molecule has 11 heavy (non-hydrogen) atoms. The first-order chi connectivity index (χ1) is 5.33. The third-order valence-electron chi connectivity index (χ3n) is 1.20. The SMILES string of the molecule is NCCOc1cccc(S)c1. The highest BCUT2D eigenvalue weighted by molar-refractivity contribution is 7.80. The van der Waals surface area contributed by atoms with Crippen molar-refractivity contribution in [3.63, 3.8) is 0 Å². The van der Waals surface area contributed by atoms with Crippen LogP contribution in [0.2, 0.25) is 0 Å². The van der Waals surface area contributed by atoms with Crippen molar-refractivity contribution in [2.24, 2.45) is 5.73 Å². The molecule has 0 radical (unpaired) electrons. The molecule has 0 bridgehead atoms. The zero-order valence-electron chi connectivity index (χ0n) is 6.16. The molecule has 0 atom stereocenters. The van der Waals surface area contributed by atoms with Crippen molar-refractivity contribution in [1.82, 2.24) is 0 Å². The lowest BCUT2D eigenvalue weighted by molar-refractivity contribution is 0.327. The number of nitrogens with two attached hydrogens (primary N) is 1. The first-order valence-electron chi connectivity index (χ1n) is 3.45. The van der Waals surface area contributed by atoms with Crippen molar-refractivity contribution >= 4 is 12.6 Å². The summed E-state index contributed by atoms with van der Waals surface area (Å²) in [5.74, 6) is 0.822. The molecule has 0 saturated heterocycles. The molecule has 0 aliphatic carbocycles. The molecular formula is C8H11NOS. The van der Waals surface area contributed by atoms with Crippen LogP contribution < -0.4 is 10.5 Å². The lowest BCUT2D eigenvalue weighted by Crippen LogP contribution is -2.10. The summed E-state index contributed by atoms with van der Waals surface area (Å²) in [6, 6.07) is 7.54. The van der Waals surface area contributed by atoms with Crippen molar-refractivity contribution in [2.75, 3.05) is 13.2 Å². The Balaban J connectivity index is 2.56. The average Bonchev–Trinajstić information content (AvgIpc) is 2.01. The minimum absolute atomic E-state index is 0.538. The Morgan fingerprint density at radius 1 is 1.45 bits per heavy atom. The summed E-state index contributed by atoms with van der Waals surface area (Å²) in [6.07, 6.45) is 0. The summed E-state index contributed by atoms with van der Waals surface area (Å²) in [4.78, 5) is 0.902. The lowest BCUT2D eigenvalue weighted by Gasteiger charge is -2.03. The highest BCUT2D eigenvalue weighted by atomic mass is 32.1. The predicted molar refractivity (Wildman–Crippen MR) is 48.2 cm³/mol. The van der Waals surface area contributed by atoms with E-state index in [-0.39, 0.29) is 0 Å². The normalized spacial score (nSPS) is 9.64. The topological polar surface area (TPSA) is 35.2 Å². The number of hydrogen-bond donors (Lipinski definition) is 2. The van der Waals surface area contributed by atoms with E-state index in [1.165, 1.54) is 0 Å². The Morgan fingerprint density at radius 3 is 2.91 bits per heavy atom. The van der Waals surface area contributed by atoms with E-state index in [1.54, 1.807) is 0 Å². The lowest BCUT2D eigenvalue weighted by atomic mass is 10.3. The van der Waals surface area contributed by atoms with Crippen molar-refractivity contribution in [1.29, 1.82) is 0 Å². The van der Waals surface area contributed by atoms with Gasteiger partial charge in [0.05, 0.1) is 0 Å². The van der Waals surface area contributed by atoms with Crippen LogP contribution in [0.5, 0.6) is 5.75 Å². The van der Waals surface area contributed by atoms with Crippen LogP contribution in [0.15, 0.2) is 29.2 Å². The van der Waals surface area contributed by atoms with Crippen molar-refractivity contribution in [2.45, 2.75) is 4.90 Å². The van der Waals surface area contributed by atoms with E-state index >= 15 is 0 Å². The van der Waals surface area contributed by atoms with E-state index in [9.17, 15) is 0 Å². The number of ether oxygens (including phenoxy) is 1. The smallest absolute Gasteiger partial charge is 0.120 e. The molecule has 0 unspecified atom stereocenters. The largest absolute Gasteiger partial charge is 0.492 e. The molecule has 1 aromatic carbocycles. The molecule has 0 heterocycles. The number of hydrogen-bond acceptors (Lipinski definition) is 3. The molecule has 0 amide bonds. The highest BCUT2D eigenvalue weighted by Crippen LogP contribution is 2.15. The zero-order chi connectivity index (χ0) is 8.10. The van der Waals surface area contributed by atoms with Gasteiger partial charge in [-0.25, -0.2) is 0 Å². The fourth-order valence-electron chi connectivity index (χ4n) is 0.750. The van der Waals surface area contributed by atoms with Gasteiger partial charge in [0.1, 0.15) is 12.4 Å². The molecule has 0 aliphatic heterocycles. The van der Waals surface area contributed by atoms with Gasteiger partial charge in [-0.1, -0.05) is 6.07 Å². The summed E-state index contributed by atoms with van der Waals surface area (Å²) in [5.41, 5.74) is 5.27. The van der Waals surface area contributed by atoms with Crippen LogP contribution in [-0.4, -0.2) is 13.2 Å². The minimum atomic E-state index is 0.538. The monoisotopic (exact) mass is 169 g/mol. The van der Waals surface area contributed by atoms with Gasteiger partial charge in [-0.15, -0.1) is 12.6 Å². The maximum Gasteiger partial charge on any atom is 0.120 e. The molecule has 0 saturated carbocycles. The van der Waals surface area contributed by atoms with Gasteiger partial charge in [0.15, 0.2) is 0 Å². The van der Waals surface area contributed by atoms with Crippen LogP contribution in [0, 0.1) is 0 Å². The van der Waals surface area contributed by atoms with E-state index < -0.39 is 0 Å². The third kappa shape index (κ3) is 2.82. The first kappa shape index (κ1) is 8.43. The Kier molecular flexibility index (Phi) is 3.26. The molecule has 1 aromatic rings. The summed E-state index contributed by atoms with van der Waals surface area (Å²) in [5, 5.41) is 0. The van der Waals surface area contributed by atoms with Gasteiger partial charge in [-0.05, 0) is 18.2 Å². The zero-order valence-corrected chi connectivity index (χ0v) is 7.05. The second kappa shape index (κ2) is 4.26. The molecule has 0 fully saturated rings. The van der Waals surface area contributed by atoms with Crippen molar-refractivity contribution < 1.29 is 4.74 Å². The van der Waals surface area contributed by atoms with Gasteiger partial charge in [-0.2, -0.15) is 0 Å². The average molecular weight is 169 g/mol. The minimum Gasteiger partial charge on any atom is -0.492 e. The van der Waals surface area contributed by atoms with Gasteiger partial charge in [-0.3, -0.25) is 0 Å². The van der Waals surface area contributed by atoms with Crippen LogP contribution >= 0.6 is 12.6 Å². The van der Waals surface area contributed by atoms with E-state index in [2.05, 4.69) is 12.6 Å². The Bertz CT molecular complexity index is 227. The number of thiol groups is 1. The summed E-state index contributed by atoms with van der Waals surface area (Å²) in [6.45, 7) is 1.09. The second-order valence-corrected chi connectivity index (χ2v) is 2.65. The van der Waals surface area contributed by atoms with Gasteiger partial charge in [0.25, 0.3) is 0 Å². The molecular weight excluding hydrogens is 158 g/mol. The molecule has 2 nitrogen and oxygen atoms in total. The quantitative estimate of drug-likeness (QED) is 0.669. The maximum atomic E-state index is 5.27. The molecule has 0 spiro atoms. The van der Waals surface area contributed by atoms with Gasteiger partial charge < -0.3 is 10.5 Å². The van der Waals surface area contributed by atoms with E-state index in [0.717, 1.165) is 10.6 Å². The van der Waals surface area contributed by atoms with Crippen LogP contribution in [0.3, 0.4) is 0 Å². The summed E-state index contributed by atoms with van der Waals surface area (Å²) < 4.78 is 5.26. The summed E-state index contributed by atoms with van der Waals surface area (Å²) >= 11 is 4.16. The molecule has 2 N–H and O–H groups in total. The van der Waals surface area contributed by atoms with Crippen molar-refractivity contribution in [3.05, 3.63) is 24.3 Å². The van der Waals surface area contributed by atoms with Gasteiger partial charge in [0.2, 0.25) is 0 Å². The fraction of sp³-hybridized carbons (Fsp3) is 0.250. The van der Waals surface area contributed by atoms with Gasteiger partial charge in [0, 0.05) is 11.4 Å².